The quantitative estimate of drug-likeness (QED) is 0.634. The van der Waals surface area contributed by atoms with E-state index >= 15 is 0 Å². The van der Waals surface area contributed by atoms with Gasteiger partial charge < -0.3 is 0 Å². The molecular formula is C12H20O. The second kappa shape index (κ2) is 4.26. The predicted octanol–water partition coefficient (Wildman–Crippen LogP) is 3.33. The second-order valence-corrected chi connectivity index (χ2v) is 4.88. The van der Waals surface area contributed by atoms with Crippen LogP contribution in [0.5, 0.6) is 0 Å². The lowest BCUT2D eigenvalue weighted by Crippen LogP contribution is -2.05. The Morgan fingerprint density at radius 1 is 1.00 bits per heavy atom. The van der Waals surface area contributed by atoms with E-state index in [1.54, 1.807) is 0 Å². The lowest BCUT2D eigenvalue weighted by Gasteiger charge is -2.06. The van der Waals surface area contributed by atoms with E-state index in [4.69, 9.17) is 0 Å². The molecule has 0 aromatic carbocycles. The molecule has 0 bridgehead atoms. The van der Waals surface area contributed by atoms with Crippen LogP contribution in [0.25, 0.3) is 0 Å². The number of Topliss-reactive ketones (excluding diaryl/α,β-unsaturated/α-hetero) is 1. The molecule has 0 unspecified atom stereocenters. The number of carbonyl (C=O) groups excluding carboxylic acids is 1. The molecular weight excluding hydrogens is 160 g/mol. The van der Waals surface area contributed by atoms with Gasteiger partial charge in [-0.2, -0.15) is 0 Å². The molecule has 0 atom stereocenters. The molecule has 0 spiro atoms. The summed E-state index contributed by atoms with van der Waals surface area (Å²) < 4.78 is 0. The van der Waals surface area contributed by atoms with Gasteiger partial charge in [0.25, 0.3) is 0 Å². The molecule has 0 radical (unpaired) electrons. The van der Waals surface area contributed by atoms with E-state index in [-0.39, 0.29) is 0 Å². The Morgan fingerprint density at radius 2 is 1.69 bits per heavy atom. The van der Waals surface area contributed by atoms with E-state index in [0.29, 0.717) is 5.78 Å². The van der Waals surface area contributed by atoms with Crippen LogP contribution < -0.4 is 0 Å². The van der Waals surface area contributed by atoms with Crippen molar-refractivity contribution in [3.05, 3.63) is 0 Å². The number of carbonyl (C=O) groups is 1. The van der Waals surface area contributed by atoms with Crippen molar-refractivity contribution in [1.29, 1.82) is 0 Å². The maximum Gasteiger partial charge on any atom is 0.133 e. The zero-order valence-electron chi connectivity index (χ0n) is 8.43. The first-order chi connectivity index (χ1) is 6.34. The van der Waals surface area contributed by atoms with Crippen LogP contribution in [0.2, 0.25) is 0 Å². The van der Waals surface area contributed by atoms with Crippen molar-refractivity contribution >= 4 is 5.78 Å². The highest BCUT2D eigenvalue weighted by atomic mass is 16.1. The topological polar surface area (TPSA) is 17.1 Å². The number of hydrogen-bond donors (Lipinski definition) is 0. The van der Waals surface area contributed by atoms with Crippen LogP contribution in [-0.2, 0) is 4.79 Å². The third-order valence-corrected chi connectivity index (χ3v) is 3.52. The van der Waals surface area contributed by atoms with Gasteiger partial charge in [-0.15, -0.1) is 0 Å². The van der Waals surface area contributed by atoms with Crippen LogP contribution in [0.4, 0.5) is 0 Å². The van der Waals surface area contributed by atoms with Gasteiger partial charge in [0.05, 0.1) is 0 Å². The van der Waals surface area contributed by atoms with Crippen LogP contribution in [0, 0.1) is 11.8 Å². The monoisotopic (exact) mass is 180 g/mol. The van der Waals surface area contributed by atoms with E-state index in [2.05, 4.69) is 0 Å². The molecule has 0 saturated heterocycles. The third-order valence-electron chi connectivity index (χ3n) is 3.52. The summed E-state index contributed by atoms with van der Waals surface area (Å²) >= 11 is 0. The normalized spacial score (nSPS) is 23.7. The number of hydrogen-bond acceptors (Lipinski definition) is 1. The Kier molecular flexibility index (Phi) is 3.02. The van der Waals surface area contributed by atoms with E-state index in [1.807, 2.05) is 0 Å². The molecule has 0 aliphatic heterocycles. The molecule has 0 heterocycles. The third kappa shape index (κ3) is 3.13. The van der Waals surface area contributed by atoms with Gasteiger partial charge in [-0.3, -0.25) is 4.79 Å². The highest BCUT2D eigenvalue weighted by molar-refractivity contribution is 5.78. The summed E-state index contributed by atoms with van der Waals surface area (Å²) in [5.41, 5.74) is 0. The van der Waals surface area contributed by atoms with E-state index < -0.39 is 0 Å². The highest BCUT2D eigenvalue weighted by Crippen LogP contribution is 2.34. The Bertz CT molecular complexity index is 176. The molecule has 0 amide bonds. The SMILES string of the molecule is O=C(CCC1CC1)CC1CCCC1. The zero-order valence-corrected chi connectivity index (χ0v) is 8.43. The van der Waals surface area contributed by atoms with Gasteiger partial charge in [0.2, 0.25) is 0 Å². The van der Waals surface area contributed by atoms with Crippen LogP contribution in [0.3, 0.4) is 0 Å². The molecule has 2 aliphatic carbocycles. The first-order valence-electron chi connectivity index (χ1n) is 5.86. The van der Waals surface area contributed by atoms with Gasteiger partial charge in [-0.25, -0.2) is 0 Å². The fourth-order valence-electron chi connectivity index (χ4n) is 2.41. The Hall–Kier alpha value is -0.330. The molecule has 2 saturated carbocycles. The fourth-order valence-corrected chi connectivity index (χ4v) is 2.41. The predicted molar refractivity (Wildman–Crippen MR) is 53.5 cm³/mol. The van der Waals surface area contributed by atoms with Gasteiger partial charge in [0, 0.05) is 12.8 Å². The van der Waals surface area contributed by atoms with Crippen molar-refractivity contribution in [3.63, 3.8) is 0 Å². The Balaban J connectivity index is 1.59. The minimum absolute atomic E-state index is 0.541. The van der Waals surface area contributed by atoms with Crippen molar-refractivity contribution in [2.24, 2.45) is 11.8 Å². The lowest BCUT2D eigenvalue weighted by molar-refractivity contribution is -0.120. The van der Waals surface area contributed by atoms with Crippen LogP contribution in [-0.4, -0.2) is 5.78 Å². The molecule has 13 heavy (non-hydrogen) atoms. The standard InChI is InChI=1S/C12H20O/c13-12(8-7-10-5-6-10)9-11-3-1-2-4-11/h10-11H,1-9H2. The minimum Gasteiger partial charge on any atom is -0.300 e. The second-order valence-electron chi connectivity index (χ2n) is 4.88. The summed E-state index contributed by atoms with van der Waals surface area (Å²) in [5, 5.41) is 0. The Morgan fingerprint density at radius 3 is 2.31 bits per heavy atom. The smallest absolute Gasteiger partial charge is 0.133 e. The molecule has 2 aliphatic rings. The molecule has 74 valence electrons. The lowest BCUT2D eigenvalue weighted by atomic mass is 9.98. The molecule has 1 nitrogen and oxygen atoms in total. The summed E-state index contributed by atoms with van der Waals surface area (Å²) in [5.74, 6) is 2.22. The van der Waals surface area contributed by atoms with Crippen molar-refractivity contribution in [2.75, 3.05) is 0 Å². The average molecular weight is 180 g/mol. The largest absolute Gasteiger partial charge is 0.300 e. The maximum atomic E-state index is 11.5. The van der Waals surface area contributed by atoms with Gasteiger partial charge in [0.15, 0.2) is 0 Å². The van der Waals surface area contributed by atoms with Gasteiger partial charge in [-0.05, 0) is 18.3 Å². The van der Waals surface area contributed by atoms with E-state index in [0.717, 1.165) is 24.7 Å². The highest BCUT2D eigenvalue weighted by Gasteiger charge is 2.23. The maximum absolute atomic E-state index is 11.5. The zero-order chi connectivity index (χ0) is 9.10. The molecule has 0 N–H and O–H groups in total. The van der Waals surface area contributed by atoms with Crippen LogP contribution in [0.15, 0.2) is 0 Å². The van der Waals surface area contributed by atoms with Gasteiger partial charge in [-0.1, -0.05) is 38.5 Å². The molecule has 2 rings (SSSR count). The molecule has 0 aromatic rings. The number of ketones is 1. The van der Waals surface area contributed by atoms with Crippen LogP contribution >= 0.6 is 0 Å². The minimum atomic E-state index is 0.541. The van der Waals surface area contributed by atoms with Crippen molar-refractivity contribution in [3.8, 4) is 0 Å². The molecule has 0 aromatic heterocycles. The first kappa shape index (κ1) is 9.23. The Labute approximate surface area is 80.9 Å². The first-order valence-corrected chi connectivity index (χ1v) is 5.86. The van der Waals surface area contributed by atoms with Gasteiger partial charge in [0.1, 0.15) is 5.78 Å². The van der Waals surface area contributed by atoms with Crippen molar-refractivity contribution in [2.45, 2.75) is 57.8 Å². The van der Waals surface area contributed by atoms with E-state index in [1.165, 1.54) is 44.9 Å². The molecule has 1 heteroatoms. The fraction of sp³-hybridized carbons (Fsp3) is 0.917. The molecule has 2 fully saturated rings. The van der Waals surface area contributed by atoms with Crippen molar-refractivity contribution < 1.29 is 4.79 Å². The summed E-state index contributed by atoms with van der Waals surface area (Å²) in [4.78, 5) is 11.5. The van der Waals surface area contributed by atoms with Crippen LogP contribution in [0.1, 0.15) is 57.8 Å². The number of rotatable bonds is 5. The summed E-state index contributed by atoms with van der Waals surface area (Å²) in [6.07, 6.45) is 11.1. The van der Waals surface area contributed by atoms with E-state index in [9.17, 15) is 4.79 Å². The van der Waals surface area contributed by atoms with Crippen molar-refractivity contribution in [1.82, 2.24) is 0 Å². The summed E-state index contributed by atoms with van der Waals surface area (Å²) in [7, 11) is 0. The summed E-state index contributed by atoms with van der Waals surface area (Å²) in [6.45, 7) is 0. The average Bonchev–Trinajstić information content (AvgIpc) is 2.82. The summed E-state index contributed by atoms with van der Waals surface area (Å²) in [6, 6.07) is 0. The van der Waals surface area contributed by atoms with Gasteiger partial charge >= 0.3 is 0 Å².